The van der Waals surface area contributed by atoms with Crippen molar-refractivity contribution in [2.75, 3.05) is 20.8 Å². The van der Waals surface area contributed by atoms with Crippen molar-refractivity contribution in [3.8, 4) is 11.5 Å². The first-order chi connectivity index (χ1) is 9.65. The number of ether oxygens (including phenoxy) is 2. The van der Waals surface area contributed by atoms with Crippen molar-refractivity contribution >= 4 is 5.97 Å². The molecule has 0 heterocycles. The zero-order chi connectivity index (χ0) is 14.5. The van der Waals surface area contributed by atoms with E-state index in [-0.39, 0.29) is 6.42 Å². The lowest BCUT2D eigenvalue weighted by atomic mass is 10.1. The van der Waals surface area contributed by atoms with Crippen LogP contribution in [0.2, 0.25) is 0 Å². The molecule has 0 bridgehead atoms. The average Bonchev–Trinajstić information content (AvgIpc) is 3.27. The summed E-state index contributed by atoms with van der Waals surface area (Å²) in [5, 5.41) is 8.84. The topological polar surface area (TPSA) is 59.0 Å². The van der Waals surface area contributed by atoms with Crippen LogP contribution in [-0.2, 0) is 11.3 Å². The minimum absolute atomic E-state index is 0.169. The van der Waals surface area contributed by atoms with E-state index in [2.05, 4.69) is 4.90 Å². The Balaban J connectivity index is 2.11. The highest BCUT2D eigenvalue weighted by atomic mass is 16.5. The van der Waals surface area contributed by atoms with Gasteiger partial charge in [0.05, 0.1) is 20.6 Å². The monoisotopic (exact) mass is 279 g/mol. The molecule has 1 aliphatic carbocycles. The number of carboxylic acids is 1. The number of hydrogen-bond acceptors (Lipinski definition) is 4. The van der Waals surface area contributed by atoms with Gasteiger partial charge in [0.25, 0.3) is 0 Å². The van der Waals surface area contributed by atoms with E-state index in [1.165, 1.54) is 0 Å². The molecule has 1 saturated carbocycles. The van der Waals surface area contributed by atoms with Crippen molar-refractivity contribution < 1.29 is 19.4 Å². The SMILES string of the molecule is COc1cccc(CN(CCC(=O)O)C2CC2)c1OC. The number of hydrogen-bond donors (Lipinski definition) is 1. The molecule has 1 aliphatic rings. The predicted octanol–water partition coefficient (Wildman–Crippen LogP) is 2.14. The van der Waals surface area contributed by atoms with Crippen LogP contribution in [0.4, 0.5) is 0 Å². The van der Waals surface area contributed by atoms with Gasteiger partial charge in [-0.05, 0) is 18.9 Å². The molecule has 1 fully saturated rings. The van der Waals surface area contributed by atoms with Crippen LogP contribution in [-0.4, -0.2) is 42.8 Å². The fourth-order valence-electron chi connectivity index (χ4n) is 2.37. The van der Waals surface area contributed by atoms with Crippen LogP contribution >= 0.6 is 0 Å². The number of aliphatic carboxylic acids is 1. The molecule has 0 aliphatic heterocycles. The molecule has 20 heavy (non-hydrogen) atoms. The summed E-state index contributed by atoms with van der Waals surface area (Å²) < 4.78 is 10.7. The fourth-order valence-corrected chi connectivity index (χ4v) is 2.37. The van der Waals surface area contributed by atoms with Crippen LogP contribution in [0.3, 0.4) is 0 Å². The highest BCUT2D eigenvalue weighted by Crippen LogP contribution is 2.34. The van der Waals surface area contributed by atoms with Gasteiger partial charge in [0, 0.05) is 24.7 Å². The maximum Gasteiger partial charge on any atom is 0.304 e. The minimum Gasteiger partial charge on any atom is -0.493 e. The standard InChI is InChI=1S/C15H21NO4/c1-19-13-5-3-4-11(15(13)20-2)10-16(12-6-7-12)9-8-14(17)18/h3-5,12H,6-10H2,1-2H3,(H,17,18). The van der Waals surface area contributed by atoms with Gasteiger partial charge in [-0.1, -0.05) is 12.1 Å². The van der Waals surface area contributed by atoms with Crippen molar-refractivity contribution in [2.24, 2.45) is 0 Å². The van der Waals surface area contributed by atoms with E-state index >= 15 is 0 Å². The molecular formula is C15H21NO4. The number of nitrogens with zero attached hydrogens (tertiary/aromatic N) is 1. The Morgan fingerprint density at radius 3 is 2.65 bits per heavy atom. The van der Waals surface area contributed by atoms with Crippen LogP contribution in [0.25, 0.3) is 0 Å². The van der Waals surface area contributed by atoms with E-state index in [9.17, 15) is 4.79 Å². The lowest BCUT2D eigenvalue weighted by Crippen LogP contribution is -2.28. The fraction of sp³-hybridized carbons (Fsp3) is 0.533. The first-order valence-corrected chi connectivity index (χ1v) is 6.81. The summed E-state index contributed by atoms with van der Waals surface area (Å²) in [4.78, 5) is 13.0. The molecule has 0 aromatic heterocycles. The number of rotatable bonds is 8. The van der Waals surface area contributed by atoms with Crippen LogP contribution in [0.15, 0.2) is 18.2 Å². The molecule has 1 aromatic carbocycles. The Morgan fingerprint density at radius 2 is 2.10 bits per heavy atom. The molecule has 0 atom stereocenters. The third-order valence-corrected chi connectivity index (χ3v) is 3.53. The van der Waals surface area contributed by atoms with Gasteiger partial charge in [-0.15, -0.1) is 0 Å². The van der Waals surface area contributed by atoms with E-state index < -0.39 is 5.97 Å². The number of methoxy groups -OCH3 is 2. The molecule has 5 nitrogen and oxygen atoms in total. The van der Waals surface area contributed by atoms with Crippen molar-refractivity contribution in [3.63, 3.8) is 0 Å². The van der Waals surface area contributed by atoms with Gasteiger partial charge >= 0.3 is 5.97 Å². The minimum atomic E-state index is -0.756. The van der Waals surface area contributed by atoms with E-state index in [0.717, 1.165) is 24.2 Å². The van der Waals surface area contributed by atoms with Crippen LogP contribution < -0.4 is 9.47 Å². The van der Waals surface area contributed by atoms with Crippen molar-refractivity contribution in [1.29, 1.82) is 0 Å². The van der Waals surface area contributed by atoms with Gasteiger partial charge in [0.2, 0.25) is 0 Å². The smallest absolute Gasteiger partial charge is 0.304 e. The summed E-state index contributed by atoms with van der Waals surface area (Å²) in [6.45, 7) is 1.26. The maximum absolute atomic E-state index is 10.8. The molecule has 1 N–H and O–H groups in total. The third-order valence-electron chi connectivity index (χ3n) is 3.53. The summed E-state index contributed by atoms with van der Waals surface area (Å²) in [5.41, 5.74) is 1.03. The predicted molar refractivity (Wildman–Crippen MR) is 75.2 cm³/mol. The van der Waals surface area contributed by atoms with Gasteiger partial charge in [-0.3, -0.25) is 9.69 Å². The molecule has 0 spiro atoms. The largest absolute Gasteiger partial charge is 0.493 e. The molecule has 110 valence electrons. The van der Waals surface area contributed by atoms with E-state index in [1.807, 2.05) is 18.2 Å². The van der Waals surface area contributed by atoms with Gasteiger partial charge < -0.3 is 14.6 Å². The first kappa shape index (κ1) is 14.7. The molecule has 0 amide bonds. The van der Waals surface area contributed by atoms with Crippen LogP contribution in [0.1, 0.15) is 24.8 Å². The lowest BCUT2D eigenvalue weighted by molar-refractivity contribution is -0.137. The average molecular weight is 279 g/mol. The molecule has 0 radical (unpaired) electrons. The van der Waals surface area contributed by atoms with E-state index in [1.54, 1.807) is 14.2 Å². The molecule has 5 heteroatoms. The zero-order valence-corrected chi connectivity index (χ0v) is 12.0. The summed E-state index contributed by atoms with van der Waals surface area (Å²) in [5.74, 6) is 0.684. The van der Waals surface area contributed by atoms with Gasteiger partial charge in [0.15, 0.2) is 11.5 Å². The second kappa shape index (κ2) is 6.61. The van der Waals surface area contributed by atoms with Crippen molar-refractivity contribution in [3.05, 3.63) is 23.8 Å². The summed E-state index contributed by atoms with van der Waals surface area (Å²) in [7, 11) is 3.24. The molecule has 0 saturated heterocycles. The number of benzene rings is 1. The van der Waals surface area contributed by atoms with Gasteiger partial charge in [-0.2, -0.15) is 0 Å². The summed E-state index contributed by atoms with van der Waals surface area (Å²) in [6, 6.07) is 6.29. The quantitative estimate of drug-likeness (QED) is 0.790. The highest BCUT2D eigenvalue weighted by Gasteiger charge is 2.29. The second-order valence-corrected chi connectivity index (χ2v) is 5.00. The maximum atomic E-state index is 10.8. The Labute approximate surface area is 119 Å². The van der Waals surface area contributed by atoms with Gasteiger partial charge in [-0.25, -0.2) is 0 Å². The third kappa shape index (κ3) is 3.63. The Hall–Kier alpha value is -1.75. The molecule has 0 unspecified atom stereocenters. The van der Waals surface area contributed by atoms with Crippen LogP contribution in [0.5, 0.6) is 11.5 Å². The van der Waals surface area contributed by atoms with Crippen LogP contribution in [0, 0.1) is 0 Å². The summed E-state index contributed by atoms with van der Waals surface area (Å²) >= 11 is 0. The Bertz CT molecular complexity index is 471. The number of para-hydroxylation sites is 1. The van der Waals surface area contributed by atoms with Gasteiger partial charge in [0.1, 0.15) is 0 Å². The molecule has 2 rings (SSSR count). The normalized spacial score (nSPS) is 14.3. The highest BCUT2D eigenvalue weighted by molar-refractivity contribution is 5.66. The summed E-state index contributed by atoms with van der Waals surface area (Å²) in [6.07, 6.45) is 2.46. The zero-order valence-electron chi connectivity index (χ0n) is 12.0. The number of carbonyl (C=O) groups is 1. The number of carboxylic acid groups (broad SMARTS) is 1. The Morgan fingerprint density at radius 1 is 1.35 bits per heavy atom. The molecule has 1 aromatic rings. The van der Waals surface area contributed by atoms with E-state index in [0.29, 0.717) is 24.9 Å². The Kier molecular flexibility index (Phi) is 4.84. The second-order valence-electron chi connectivity index (χ2n) is 5.00. The van der Waals surface area contributed by atoms with Crippen molar-refractivity contribution in [2.45, 2.75) is 31.8 Å². The molecular weight excluding hydrogens is 258 g/mol. The van der Waals surface area contributed by atoms with Crippen molar-refractivity contribution in [1.82, 2.24) is 4.90 Å². The van der Waals surface area contributed by atoms with E-state index in [4.69, 9.17) is 14.6 Å². The first-order valence-electron chi connectivity index (χ1n) is 6.81. The lowest BCUT2D eigenvalue weighted by Gasteiger charge is -2.23.